The molecule has 1 unspecified atom stereocenters. The van der Waals surface area contributed by atoms with Crippen LogP contribution < -0.4 is 0 Å². The maximum Gasteiger partial charge on any atom is 0.367 e. The molecule has 3 rings (SSSR count). The molecule has 1 radical (unpaired) electrons. The lowest BCUT2D eigenvalue weighted by Crippen LogP contribution is -2.38. The fourth-order valence-electron chi connectivity index (χ4n) is 2.94. The summed E-state index contributed by atoms with van der Waals surface area (Å²) in [5, 5.41) is 10.6. The van der Waals surface area contributed by atoms with Crippen LogP contribution in [0.5, 0.6) is 0 Å². The summed E-state index contributed by atoms with van der Waals surface area (Å²) in [6.45, 7) is 0.780. The molecule has 2 heterocycles. The van der Waals surface area contributed by atoms with Crippen molar-refractivity contribution in [2.45, 2.75) is 11.4 Å². The summed E-state index contributed by atoms with van der Waals surface area (Å²) in [5.41, 5.74) is 3.00. The van der Waals surface area contributed by atoms with E-state index in [4.69, 9.17) is 0 Å². The molecular weight excluding hydrogens is 390 g/mol. The number of quaternary nitrogens is 1. The summed E-state index contributed by atoms with van der Waals surface area (Å²) in [6.07, 6.45) is 8.89. The van der Waals surface area contributed by atoms with Gasteiger partial charge in [-0.15, -0.1) is 0 Å². The molecule has 1 aromatic carbocycles. The highest BCUT2D eigenvalue weighted by Gasteiger charge is 2.42. The van der Waals surface area contributed by atoms with Crippen LogP contribution in [-0.2, 0) is 21.4 Å². The molecule has 0 fully saturated rings. The zero-order valence-electron chi connectivity index (χ0n) is 16.1. The number of benzene rings is 1. The number of hydroxylamine groups is 2. The third-order valence-corrected chi connectivity index (χ3v) is 6.13. The van der Waals surface area contributed by atoms with Crippen LogP contribution in [0.1, 0.15) is 5.56 Å². The van der Waals surface area contributed by atoms with Crippen LogP contribution in [0.3, 0.4) is 0 Å². The van der Waals surface area contributed by atoms with Gasteiger partial charge >= 0.3 is 10.0 Å². The summed E-state index contributed by atoms with van der Waals surface area (Å²) in [5.74, 6) is 0. The zero-order chi connectivity index (χ0) is 21.1. The van der Waals surface area contributed by atoms with Crippen molar-refractivity contribution in [2.75, 3.05) is 14.1 Å². The van der Waals surface area contributed by atoms with Gasteiger partial charge in [0.2, 0.25) is 6.29 Å². The molecule has 1 aliphatic rings. The summed E-state index contributed by atoms with van der Waals surface area (Å²) >= 11 is 0. The van der Waals surface area contributed by atoms with Gasteiger partial charge in [-0.3, -0.25) is 9.78 Å². The lowest BCUT2D eigenvalue weighted by atomic mass is 10.1. The maximum absolute atomic E-state index is 12.9. The van der Waals surface area contributed by atoms with Crippen molar-refractivity contribution in [3.8, 4) is 11.3 Å². The van der Waals surface area contributed by atoms with Gasteiger partial charge in [0.25, 0.3) is 0 Å². The highest BCUT2D eigenvalue weighted by Crippen LogP contribution is 2.30. The van der Waals surface area contributed by atoms with Crippen LogP contribution in [0.4, 0.5) is 0 Å². The normalized spacial score (nSPS) is 19.1. The molecule has 0 bridgehead atoms. The Kier molecular flexibility index (Phi) is 5.90. The molecule has 8 heteroatoms. The minimum absolute atomic E-state index is 0.124. The highest BCUT2D eigenvalue weighted by molar-refractivity contribution is 7.86. The number of hydrogen-bond acceptors (Lipinski definition) is 6. The lowest BCUT2D eigenvalue weighted by Gasteiger charge is -2.18. The number of pyridine rings is 1. The Balaban J connectivity index is 1.89. The number of rotatable bonds is 7. The minimum atomic E-state index is -4.19. The van der Waals surface area contributed by atoms with E-state index in [1.165, 1.54) is 24.4 Å². The number of sulfonamides is 1. The third kappa shape index (κ3) is 4.41. The van der Waals surface area contributed by atoms with E-state index in [9.17, 15) is 18.4 Å². The van der Waals surface area contributed by atoms with Crippen molar-refractivity contribution in [3.63, 3.8) is 0 Å². The van der Waals surface area contributed by atoms with Crippen LogP contribution in [0, 0.1) is 0 Å². The summed E-state index contributed by atoms with van der Waals surface area (Å²) in [6, 6.07) is 10.9. The van der Waals surface area contributed by atoms with Gasteiger partial charge in [-0.25, -0.2) is 0 Å². The number of allylic oxidation sites excluding steroid dienone is 4. The fraction of sp³-hybridized carbons (Fsp3) is 0.143. The Morgan fingerprint density at radius 3 is 2.69 bits per heavy atom. The van der Waals surface area contributed by atoms with Crippen molar-refractivity contribution in [2.24, 2.45) is 0 Å². The van der Waals surface area contributed by atoms with Gasteiger partial charge in [-0.05, 0) is 54.1 Å². The van der Waals surface area contributed by atoms with E-state index in [0.29, 0.717) is 11.3 Å². The molecule has 29 heavy (non-hydrogen) atoms. The van der Waals surface area contributed by atoms with Crippen molar-refractivity contribution in [3.05, 3.63) is 84.4 Å². The molecule has 0 aliphatic carbocycles. The second-order valence-electron chi connectivity index (χ2n) is 6.86. The Labute approximate surface area is 170 Å². The monoisotopic (exact) mass is 411 g/mol. The second kappa shape index (κ2) is 8.22. The Morgan fingerprint density at radius 1 is 1.24 bits per heavy atom. The highest BCUT2D eigenvalue weighted by atomic mass is 32.2. The molecule has 1 atom stereocenters. The van der Waals surface area contributed by atoms with Crippen LogP contribution >= 0.6 is 0 Å². The van der Waals surface area contributed by atoms with Crippen LogP contribution in [-0.4, -0.2) is 47.9 Å². The van der Waals surface area contributed by atoms with Crippen molar-refractivity contribution < 1.29 is 22.5 Å². The van der Waals surface area contributed by atoms with E-state index in [2.05, 4.69) is 9.88 Å². The smallest absolute Gasteiger partial charge is 0.305 e. The second-order valence-corrected chi connectivity index (χ2v) is 8.87. The van der Waals surface area contributed by atoms with Crippen molar-refractivity contribution >= 4 is 16.3 Å². The van der Waals surface area contributed by atoms with Crippen LogP contribution in [0.25, 0.3) is 11.3 Å². The first kappa shape index (κ1) is 20.8. The molecule has 0 saturated heterocycles. The van der Waals surface area contributed by atoms with Crippen molar-refractivity contribution in [1.82, 2.24) is 9.88 Å². The molecule has 0 saturated carbocycles. The standard InChI is InChI=1S/C21H21N3O4S/c1-23(2)15-18-5-3-7-19(13-18)21-9-8-20(14-22-21)29(27,28)24(26)11-10-17(16-24)6-4-12-25/h3-11,13-14,16,26H,15H2,1-2H3/q+1/b6-4+. The first-order chi connectivity index (χ1) is 13.7. The molecule has 149 valence electrons. The number of carbonyl (C=O) groups excluding carboxylic acids is 1. The van der Waals surface area contributed by atoms with E-state index in [1.54, 1.807) is 12.4 Å². The molecule has 0 amide bonds. The SMILES string of the molecule is CN(C)Cc1cccc(-c2ccc(S(=O)(=O)[N+]3(O)C=CC(/C=C/[C]=O)=C3)cn2)c1. The van der Waals surface area contributed by atoms with Gasteiger partial charge in [0, 0.05) is 23.8 Å². The molecule has 0 spiro atoms. The van der Waals surface area contributed by atoms with E-state index >= 15 is 0 Å². The Morgan fingerprint density at radius 2 is 2.03 bits per heavy atom. The van der Waals surface area contributed by atoms with Gasteiger partial charge in [0.1, 0.15) is 4.90 Å². The van der Waals surface area contributed by atoms with E-state index in [-0.39, 0.29) is 4.90 Å². The van der Waals surface area contributed by atoms with Crippen LogP contribution in [0.2, 0.25) is 0 Å². The summed E-state index contributed by atoms with van der Waals surface area (Å²) in [4.78, 5) is 16.5. The molecule has 1 N–H and O–H groups in total. The van der Waals surface area contributed by atoms with Gasteiger partial charge in [0.15, 0.2) is 12.4 Å². The quantitative estimate of drug-likeness (QED) is 0.557. The van der Waals surface area contributed by atoms with Crippen molar-refractivity contribution in [1.29, 1.82) is 0 Å². The average molecular weight is 411 g/mol. The summed E-state index contributed by atoms with van der Waals surface area (Å²) in [7, 11) is -0.223. The average Bonchev–Trinajstić information content (AvgIpc) is 3.09. The van der Waals surface area contributed by atoms with Gasteiger partial charge < -0.3 is 4.90 Å². The molecule has 1 aliphatic heterocycles. The molecule has 7 nitrogen and oxygen atoms in total. The Bertz CT molecular complexity index is 1100. The zero-order valence-corrected chi connectivity index (χ0v) is 16.9. The number of aromatic nitrogens is 1. The lowest BCUT2D eigenvalue weighted by molar-refractivity contribution is -0.912. The van der Waals surface area contributed by atoms with Gasteiger partial charge in [-0.2, -0.15) is 13.6 Å². The largest absolute Gasteiger partial charge is 0.367 e. The van der Waals surface area contributed by atoms with Gasteiger partial charge in [0.05, 0.1) is 11.9 Å². The first-order valence-corrected chi connectivity index (χ1v) is 10.2. The third-order valence-electron chi connectivity index (χ3n) is 4.30. The molecular formula is C21H21N3O4S+. The predicted octanol–water partition coefficient (Wildman–Crippen LogP) is 2.78. The molecule has 2 aromatic rings. The van der Waals surface area contributed by atoms with E-state index < -0.39 is 14.1 Å². The Hall–Kier alpha value is -2.91. The minimum Gasteiger partial charge on any atom is -0.305 e. The number of nitrogens with zero attached hydrogens (tertiary/aromatic N) is 3. The topological polar surface area (TPSA) is 87.6 Å². The van der Waals surface area contributed by atoms with Gasteiger partial charge in [-0.1, -0.05) is 18.2 Å². The maximum atomic E-state index is 12.9. The first-order valence-electron chi connectivity index (χ1n) is 8.78. The summed E-state index contributed by atoms with van der Waals surface area (Å²) < 4.78 is 24.3. The van der Waals surface area contributed by atoms with E-state index in [1.807, 2.05) is 38.4 Å². The van der Waals surface area contributed by atoms with E-state index in [0.717, 1.165) is 36.1 Å². The predicted molar refractivity (Wildman–Crippen MR) is 108 cm³/mol. The fourth-order valence-corrected chi connectivity index (χ4v) is 4.18. The molecule has 1 aromatic heterocycles. The van der Waals surface area contributed by atoms with Crippen LogP contribution in [0.15, 0.2) is 83.7 Å². The number of hydrogen-bond donors (Lipinski definition) is 1.